The molecule has 0 aliphatic heterocycles. The van der Waals surface area contributed by atoms with Crippen LogP contribution in [0.4, 0.5) is 5.82 Å². The Bertz CT molecular complexity index is 627. The number of aromatic nitrogens is 4. The van der Waals surface area contributed by atoms with Gasteiger partial charge >= 0.3 is 0 Å². The minimum absolute atomic E-state index is 0.0645. The van der Waals surface area contributed by atoms with Crippen molar-refractivity contribution in [1.29, 1.82) is 0 Å². The summed E-state index contributed by atoms with van der Waals surface area (Å²) in [7, 11) is 0. The second-order valence-corrected chi connectivity index (χ2v) is 5.45. The molecule has 0 aliphatic rings. The number of nitrogens with zero attached hydrogens (tertiary/aromatic N) is 4. The van der Waals surface area contributed by atoms with Gasteiger partial charge in [-0.3, -0.25) is 0 Å². The van der Waals surface area contributed by atoms with Crippen molar-refractivity contribution in [3.63, 3.8) is 0 Å². The van der Waals surface area contributed by atoms with Crippen LogP contribution in [0.15, 0.2) is 6.20 Å². The Kier molecular flexibility index (Phi) is 2.74. The molecule has 2 N–H and O–H groups in total. The van der Waals surface area contributed by atoms with Crippen LogP contribution >= 0.6 is 0 Å². The highest BCUT2D eigenvalue weighted by Gasteiger charge is 2.25. The molecule has 2 aromatic heterocycles. The maximum Gasteiger partial charge on any atom is 0.208 e. The van der Waals surface area contributed by atoms with Crippen molar-refractivity contribution >= 4 is 16.9 Å². The molecule has 0 radical (unpaired) electrons. The van der Waals surface area contributed by atoms with Crippen LogP contribution in [-0.4, -0.2) is 19.7 Å². The van der Waals surface area contributed by atoms with E-state index in [-0.39, 0.29) is 11.5 Å². The zero-order valence-corrected chi connectivity index (χ0v) is 11.1. The van der Waals surface area contributed by atoms with Gasteiger partial charge in [-0.2, -0.15) is 5.10 Å². The maximum absolute atomic E-state index is 5.86. The monoisotopic (exact) mass is 243 g/mol. The first kappa shape index (κ1) is 12.4. The summed E-state index contributed by atoms with van der Waals surface area (Å²) in [5, 5.41) is 5.10. The van der Waals surface area contributed by atoms with Crippen molar-refractivity contribution in [2.24, 2.45) is 5.41 Å². The zero-order chi connectivity index (χ0) is 13.5. The number of anilines is 1. The van der Waals surface area contributed by atoms with Crippen molar-refractivity contribution in [2.45, 2.75) is 33.7 Å². The summed E-state index contributed by atoms with van der Waals surface area (Å²) in [5.74, 6) is 3.08. The molecule has 94 valence electrons. The first-order chi connectivity index (χ1) is 8.34. The van der Waals surface area contributed by atoms with Crippen LogP contribution in [0.2, 0.25) is 0 Å². The molecule has 5 heteroatoms. The number of nitrogens with two attached hydrogens (primary N) is 1. The van der Waals surface area contributed by atoms with E-state index in [0.29, 0.717) is 17.3 Å². The van der Waals surface area contributed by atoms with Gasteiger partial charge in [0.2, 0.25) is 5.82 Å². The average Bonchev–Trinajstić information content (AvgIpc) is 2.70. The quantitative estimate of drug-likeness (QED) is 0.778. The highest BCUT2D eigenvalue weighted by molar-refractivity contribution is 5.85. The Morgan fingerprint density at radius 1 is 1.39 bits per heavy atom. The van der Waals surface area contributed by atoms with E-state index in [1.54, 1.807) is 6.20 Å². The molecule has 0 saturated carbocycles. The summed E-state index contributed by atoms with van der Waals surface area (Å²) in [6, 6.07) is 0.176. The molecule has 0 aromatic carbocycles. The third-order valence-corrected chi connectivity index (χ3v) is 3.23. The lowest BCUT2D eigenvalue weighted by molar-refractivity contribution is 0.249. The van der Waals surface area contributed by atoms with Crippen molar-refractivity contribution in [2.75, 3.05) is 5.73 Å². The number of nitrogen functional groups attached to an aromatic ring is 1. The van der Waals surface area contributed by atoms with Gasteiger partial charge in [0, 0.05) is 0 Å². The second kappa shape index (κ2) is 3.98. The summed E-state index contributed by atoms with van der Waals surface area (Å²) in [5.41, 5.74) is 6.61. The van der Waals surface area contributed by atoms with Gasteiger partial charge in [0.1, 0.15) is 5.82 Å². The summed E-state index contributed by atoms with van der Waals surface area (Å²) >= 11 is 0. The van der Waals surface area contributed by atoms with Crippen LogP contribution in [0.3, 0.4) is 0 Å². The van der Waals surface area contributed by atoms with Crippen molar-refractivity contribution < 1.29 is 0 Å². The van der Waals surface area contributed by atoms with Crippen LogP contribution in [0.5, 0.6) is 0 Å². The van der Waals surface area contributed by atoms with E-state index in [1.807, 2.05) is 4.68 Å². The summed E-state index contributed by atoms with van der Waals surface area (Å²) in [6.45, 7) is 8.55. The van der Waals surface area contributed by atoms with E-state index in [1.165, 1.54) is 0 Å². The van der Waals surface area contributed by atoms with E-state index in [4.69, 9.17) is 12.2 Å². The SMILES string of the molecule is C#Cc1nc(N)c2cnn(C(C)C(C)(C)C)c2n1. The van der Waals surface area contributed by atoms with Crippen LogP contribution < -0.4 is 5.73 Å². The van der Waals surface area contributed by atoms with Gasteiger partial charge in [-0.25, -0.2) is 14.6 Å². The largest absolute Gasteiger partial charge is 0.383 e. The molecular weight excluding hydrogens is 226 g/mol. The third kappa shape index (κ3) is 1.90. The Labute approximate surface area is 106 Å². The predicted octanol–water partition coefficient (Wildman–Crippen LogP) is 2.00. The van der Waals surface area contributed by atoms with Gasteiger partial charge in [0.25, 0.3) is 0 Å². The van der Waals surface area contributed by atoms with E-state index >= 15 is 0 Å². The fourth-order valence-electron chi connectivity index (χ4n) is 1.66. The Morgan fingerprint density at radius 3 is 2.61 bits per heavy atom. The van der Waals surface area contributed by atoms with Gasteiger partial charge in [0.05, 0.1) is 17.6 Å². The molecule has 0 amide bonds. The Morgan fingerprint density at radius 2 is 2.06 bits per heavy atom. The number of fused-ring (bicyclic) bond motifs is 1. The molecule has 2 rings (SSSR count). The number of terminal acetylenes is 1. The molecule has 2 aromatic rings. The smallest absolute Gasteiger partial charge is 0.208 e. The molecule has 1 atom stereocenters. The van der Waals surface area contributed by atoms with E-state index in [9.17, 15) is 0 Å². The summed E-state index contributed by atoms with van der Waals surface area (Å²) in [4.78, 5) is 8.35. The summed E-state index contributed by atoms with van der Waals surface area (Å²) < 4.78 is 1.86. The number of hydrogen-bond donors (Lipinski definition) is 1. The van der Waals surface area contributed by atoms with Crippen LogP contribution in [0.25, 0.3) is 11.0 Å². The number of hydrogen-bond acceptors (Lipinski definition) is 4. The molecule has 0 aliphatic carbocycles. The van der Waals surface area contributed by atoms with Crippen molar-refractivity contribution in [1.82, 2.24) is 19.7 Å². The van der Waals surface area contributed by atoms with Gasteiger partial charge in [-0.15, -0.1) is 6.42 Å². The lowest BCUT2D eigenvalue weighted by atomic mass is 9.88. The van der Waals surface area contributed by atoms with Gasteiger partial charge < -0.3 is 5.73 Å². The minimum Gasteiger partial charge on any atom is -0.383 e. The minimum atomic E-state index is 0.0645. The second-order valence-electron chi connectivity index (χ2n) is 5.45. The molecular formula is C13H17N5. The van der Waals surface area contributed by atoms with Gasteiger partial charge in [0.15, 0.2) is 5.65 Å². The number of rotatable bonds is 1. The van der Waals surface area contributed by atoms with Crippen LogP contribution in [0, 0.1) is 17.8 Å². The highest BCUT2D eigenvalue weighted by atomic mass is 15.3. The lowest BCUT2D eigenvalue weighted by Crippen LogP contribution is -2.22. The van der Waals surface area contributed by atoms with Gasteiger partial charge in [-0.1, -0.05) is 20.8 Å². The molecule has 2 heterocycles. The fourth-order valence-corrected chi connectivity index (χ4v) is 1.66. The van der Waals surface area contributed by atoms with Crippen molar-refractivity contribution in [3.8, 4) is 12.3 Å². The highest BCUT2D eigenvalue weighted by Crippen LogP contribution is 2.32. The molecule has 0 saturated heterocycles. The maximum atomic E-state index is 5.86. The van der Waals surface area contributed by atoms with Gasteiger partial charge in [-0.05, 0) is 18.3 Å². The standard InChI is InChI=1S/C13H17N5/c1-6-10-16-11(14)9-7-15-18(12(9)17-10)8(2)13(3,4)5/h1,7-8H,2-5H3,(H2,14,16,17). The topological polar surface area (TPSA) is 69.6 Å². The molecule has 18 heavy (non-hydrogen) atoms. The van der Waals surface area contributed by atoms with Crippen molar-refractivity contribution in [3.05, 3.63) is 12.0 Å². The summed E-state index contributed by atoms with van der Waals surface area (Å²) in [6.07, 6.45) is 7.02. The average molecular weight is 243 g/mol. The van der Waals surface area contributed by atoms with Crippen LogP contribution in [-0.2, 0) is 0 Å². The lowest BCUT2D eigenvalue weighted by Gasteiger charge is -2.27. The normalized spacial score (nSPS) is 13.5. The molecule has 5 nitrogen and oxygen atoms in total. The zero-order valence-electron chi connectivity index (χ0n) is 11.1. The molecule has 0 spiro atoms. The molecule has 1 unspecified atom stereocenters. The van der Waals surface area contributed by atoms with E-state index < -0.39 is 0 Å². The first-order valence-corrected chi connectivity index (χ1v) is 5.82. The molecule has 0 bridgehead atoms. The Hall–Kier alpha value is -2.09. The van der Waals surface area contributed by atoms with Crippen LogP contribution in [0.1, 0.15) is 39.6 Å². The van der Waals surface area contributed by atoms with E-state index in [2.05, 4.69) is 48.7 Å². The molecule has 0 fully saturated rings. The third-order valence-electron chi connectivity index (χ3n) is 3.23. The predicted molar refractivity (Wildman–Crippen MR) is 71.8 cm³/mol. The fraction of sp³-hybridized carbons (Fsp3) is 0.462. The first-order valence-electron chi connectivity index (χ1n) is 5.82. The van der Waals surface area contributed by atoms with E-state index in [0.717, 1.165) is 5.39 Å². The Balaban J connectivity index is 2.68.